The predicted molar refractivity (Wildman–Crippen MR) is 130 cm³/mol. The van der Waals surface area contributed by atoms with Gasteiger partial charge in [-0.15, -0.1) is 0 Å². The zero-order chi connectivity index (χ0) is 27.0. The highest BCUT2D eigenvalue weighted by atomic mass is 16.7. The van der Waals surface area contributed by atoms with Crippen LogP contribution in [-0.2, 0) is 11.2 Å². The van der Waals surface area contributed by atoms with Gasteiger partial charge in [-0.3, -0.25) is 4.79 Å². The summed E-state index contributed by atoms with van der Waals surface area (Å²) < 4.78 is 16.6. The summed E-state index contributed by atoms with van der Waals surface area (Å²) in [5.41, 5.74) is 0.441. The lowest BCUT2D eigenvalue weighted by Crippen LogP contribution is -2.60. The number of allylic oxidation sites excluding steroid dienone is 2. The number of ether oxygens (including phenoxy) is 2. The van der Waals surface area contributed by atoms with Crippen LogP contribution in [0.2, 0.25) is 0 Å². The van der Waals surface area contributed by atoms with E-state index in [-0.39, 0.29) is 51.3 Å². The van der Waals surface area contributed by atoms with Gasteiger partial charge in [-0.05, 0) is 32.4 Å². The summed E-state index contributed by atoms with van der Waals surface area (Å²) in [5.74, 6) is -1.06. The summed E-state index contributed by atoms with van der Waals surface area (Å²) in [6, 6.07) is 4.97. The molecule has 0 radical (unpaired) electrons. The van der Waals surface area contributed by atoms with Crippen LogP contribution < -0.4 is 10.2 Å². The van der Waals surface area contributed by atoms with Gasteiger partial charge in [0, 0.05) is 23.3 Å². The first kappa shape index (κ1) is 26.5. The molecule has 0 unspecified atom stereocenters. The van der Waals surface area contributed by atoms with Crippen LogP contribution in [0.5, 0.6) is 23.0 Å². The fourth-order valence-corrected chi connectivity index (χ4v) is 4.14. The lowest BCUT2D eigenvalue weighted by molar-refractivity contribution is -0.277. The number of hydrogen-bond donors (Lipinski definition) is 7. The first-order valence-corrected chi connectivity index (χ1v) is 11.5. The molecule has 198 valence electrons. The maximum absolute atomic E-state index is 13.2. The molecule has 2 aromatic carbocycles. The lowest BCUT2D eigenvalue weighted by atomic mass is 9.97. The smallest absolute Gasteiger partial charge is 0.229 e. The Morgan fingerprint density at radius 2 is 1.76 bits per heavy atom. The third kappa shape index (κ3) is 4.99. The lowest BCUT2D eigenvalue weighted by Gasteiger charge is -2.39. The summed E-state index contributed by atoms with van der Waals surface area (Å²) in [5, 5.41) is 70.8. The molecule has 0 bridgehead atoms. The fraction of sp³-hybridized carbons (Fsp3) is 0.346. The second kappa shape index (κ2) is 10.4. The number of aliphatic hydroxyl groups is 4. The number of benzene rings is 2. The third-order valence-corrected chi connectivity index (χ3v) is 6.18. The van der Waals surface area contributed by atoms with Gasteiger partial charge in [-0.1, -0.05) is 11.6 Å². The van der Waals surface area contributed by atoms with Crippen molar-refractivity contribution < 1.29 is 49.6 Å². The van der Waals surface area contributed by atoms with Gasteiger partial charge < -0.3 is 49.6 Å². The average Bonchev–Trinajstić information content (AvgIpc) is 2.84. The van der Waals surface area contributed by atoms with Crippen LogP contribution >= 0.6 is 0 Å². The molecule has 1 aliphatic heterocycles. The molecule has 0 aliphatic carbocycles. The fourth-order valence-electron chi connectivity index (χ4n) is 4.14. The van der Waals surface area contributed by atoms with Gasteiger partial charge in [0.05, 0.1) is 12.2 Å². The SMILES string of the molecule is CC(C)=CCc1c(O[C@H]2O[C@@H](CO)[C@H](O)[C@H](O)[C@@H]2O)ccc(-c2coc3cc(O)cc(O)c3c2=O)c1O. The van der Waals surface area contributed by atoms with Gasteiger partial charge in [0.2, 0.25) is 11.7 Å². The molecule has 2 heterocycles. The summed E-state index contributed by atoms with van der Waals surface area (Å²) in [6.07, 6.45) is -4.52. The van der Waals surface area contributed by atoms with Crippen molar-refractivity contribution >= 4 is 11.0 Å². The Kier molecular flexibility index (Phi) is 7.44. The standard InChI is InChI=1S/C26H28O11/c1-11(2)3-4-14-17(36-26-25(34)24(33)23(32)19(9-27)37-26)6-5-13(21(14)30)15-10-35-18-8-12(28)7-16(29)20(18)22(15)31/h3,5-8,10,19,23-30,32-34H,4,9H2,1-2H3/t19-,23-,24-,25-,26-/m0/s1. The Hall–Kier alpha value is -3.61. The van der Waals surface area contributed by atoms with Gasteiger partial charge in [-0.25, -0.2) is 0 Å². The maximum atomic E-state index is 13.2. The number of aliphatic hydroxyl groups excluding tert-OH is 4. The number of phenols is 3. The zero-order valence-corrected chi connectivity index (χ0v) is 20.0. The molecule has 7 N–H and O–H groups in total. The van der Waals surface area contributed by atoms with Crippen LogP contribution in [0.1, 0.15) is 19.4 Å². The van der Waals surface area contributed by atoms with E-state index in [1.165, 1.54) is 18.2 Å². The molecule has 1 saturated heterocycles. The van der Waals surface area contributed by atoms with Crippen molar-refractivity contribution in [2.45, 2.75) is 51.0 Å². The van der Waals surface area contributed by atoms with E-state index in [0.717, 1.165) is 17.9 Å². The molecule has 1 aliphatic rings. The van der Waals surface area contributed by atoms with Crippen LogP contribution in [0.25, 0.3) is 22.1 Å². The van der Waals surface area contributed by atoms with Crippen molar-refractivity contribution in [3.05, 3.63) is 58.0 Å². The zero-order valence-electron chi connectivity index (χ0n) is 20.0. The Balaban J connectivity index is 1.80. The summed E-state index contributed by atoms with van der Waals surface area (Å²) in [6.45, 7) is 3.05. The van der Waals surface area contributed by atoms with Gasteiger partial charge in [0.25, 0.3) is 0 Å². The quantitative estimate of drug-likeness (QED) is 0.234. The molecule has 4 rings (SSSR count). The van der Waals surface area contributed by atoms with E-state index >= 15 is 0 Å². The highest BCUT2D eigenvalue weighted by Crippen LogP contribution is 2.40. The number of fused-ring (bicyclic) bond motifs is 1. The second-order valence-electron chi connectivity index (χ2n) is 9.06. The van der Waals surface area contributed by atoms with Crippen molar-refractivity contribution in [1.29, 1.82) is 0 Å². The number of rotatable bonds is 6. The Morgan fingerprint density at radius 3 is 2.43 bits per heavy atom. The van der Waals surface area contributed by atoms with Gasteiger partial charge in [0.15, 0.2) is 0 Å². The van der Waals surface area contributed by atoms with E-state index < -0.39 is 48.5 Å². The number of phenolic OH excluding ortho intramolecular Hbond substituents is 3. The minimum atomic E-state index is -1.66. The monoisotopic (exact) mass is 516 g/mol. The normalized spacial score (nSPS) is 23.7. The van der Waals surface area contributed by atoms with Crippen molar-refractivity contribution in [2.24, 2.45) is 0 Å². The van der Waals surface area contributed by atoms with Gasteiger partial charge >= 0.3 is 0 Å². The molecule has 0 amide bonds. The molecule has 0 spiro atoms. The second-order valence-corrected chi connectivity index (χ2v) is 9.06. The highest BCUT2D eigenvalue weighted by molar-refractivity contribution is 5.89. The van der Waals surface area contributed by atoms with Crippen molar-refractivity contribution in [2.75, 3.05) is 6.61 Å². The van der Waals surface area contributed by atoms with E-state index in [4.69, 9.17) is 13.9 Å². The van der Waals surface area contributed by atoms with Crippen molar-refractivity contribution in [1.82, 2.24) is 0 Å². The predicted octanol–water partition coefficient (Wildman–Crippen LogP) is 1.26. The van der Waals surface area contributed by atoms with Crippen LogP contribution in [0, 0.1) is 0 Å². The largest absolute Gasteiger partial charge is 0.508 e. The van der Waals surface area contributed by atoms with Crippen LogP contribution in [0.3, 0.4) is 0 Å². The number of aromatic hydroxyl groups is 3. The number of hydrogen-bond acceptors (Lipinski definition) is 11. The molecule has 1 aromatic heterocycles. The average molecular weight is 516 g/mol. The molecular formula is C26H28O11. The Labute approximate surface area is 210 Å². The molecular weight excluding hydrogens is 488 g/mol. The van der Waals surface area contributed by atoms with Gasteiger partial charge in [-0.2, -0.15) is 0 Å². The Morgan fingerprint density at radius 1 is 1.03 bits per heavy atom. The van der Waals surface area contributed by atoms with E-state index in [0.29, 0.717) is 0 Å². The summed E-state index contributed by atoms with van der Waals surface area (Å²) in [4.78, 5) is 13.2. The molecule has 5 atom stereocenters. The first-order chi connectivity index (χ1) is 17.5. The molecule has 11 nitrogen and oxygen atoms in total. The first-order valence-electron chi connectivity index (χ1n) is 11.5. The topological polar surface area (TPSA) is 190 Å². The van der Waals surface area contributed by atoms with Crippen molar-refractivity contribution in [3.8, 4) is 34.1 Å². The van der Waals surface area contributed by atoms with Crippen LogP contribution in [-0.4, -0.2) is 73.1 Å². The molecule has 3 aromatic rings. The molecule has 37 heavy (non-hydrogen) atoms. The summed E-state index contributed by atoms with van der Waals surface area (Å²) >= 11 is 0. The Bertz CT molecular complexity index is 1390. The molecule has 1 fully saturated rings. The third-order valence-electron chi connectivity index (χ3n) is 6.18. The van der Waals surface area contributed by atoms with Crippen LogP contribution in [0.15, 0.2) is 51.4 Å². The highest BCUT2D eigenvalue weighted by Gasteiger charge is 2.45. The minimum Gasteiger partial charge on any atom is -0.508 e. The van der Waals surface area contributed by atoms with E-state index in [1.807, 2.05) is 13.8 Å². The van der Waals surface area contributed by atoms with E-state index in [1.54, 1.807) is 6.08 Å². The maximum Gasteiger partial charge on any atom is 0.229 e. The van der Waals surface area contributed by atoms with E-state index in [2.05, 4.69) is 0 Å². The molecule has 0 saturated carbocycles. The summed E-state index contributed by atoms with van der Waals surface area (Å²) in [7, 11) is 0. The van der Waals surface area contributed by atoms with Gasteiger partial charge in [0.1, 0.15) is 64.6 Å². The van der Waals surface area contributed by atoms with Crippen molar-refractivity contribution in [3.63, 3.8) is 0 Å². The minimum absolute atomic E-state index is 0.0434. The van der Waals surface area contributed by atoms with E-state index in [9.17, 15) is 40.5 Å². The van der Waals surface area contributed by atoms with Crippen LogP contribution in [0.4, 0.5) is 0 Å². The molecule has 11 heteroatoms.